The molecule has 0 bridgehead atoms. The summed E-state index contributed by atoms with van der Waals surface area (Å²) < 4.78 is 0. The highest BCUT2D eigenvalue weighted by Crippen LogP contribution is 2.25. The van der Waals surface area contributed by atoms with Gasteiger partial charge in [-0.25, -0.2) is 4.98 Å². The van der Waals surface area contributed by atoms with Crippen LogP contribution in [0.3, 0.4) is 0 Å². The Balaban J connectivity index is 1.54. The van der Waals surface area contributed by atoms with E-state index in [-0.39, 0.29) is 12.5 Å². The van der Waals surface area contributed by atoms with E-state index in [0.717, 1.165) is 45.3 Å². The van der Waals surface area contributed by atoms with Crippen LogP contribution in [-0.4, -0.2) is 27.9 Å². The van der Waals surface area contributed by atoms with Crippen molar-refractivity contribution < 1.29 is 10.2 Å². The average molecular weight is 458 g/mol. The minimum Gasteiger partial charge on any atom is -0.396 e. The van der Waals surface area contributed by atoms with E-state index in [2.05, 4.69) is 29.2 Å². The van der Waals surface area contributed by atoms with Gasteiger partial charge < -0.3 is 10.2 Å². The van der Waals surface area contributed by atoms with E-state index in [0.29, 0.717) is 11.4 Å². The van der Waals surface area contributed by atoms with Gasteiger partial charge in [0.05, 0.1) is 23.9 Å². The smallest absolute Gasteiger partial charge is 0.0724 e. The molecule has 1 heterocycles. The number of aliphatic hydroxyl groups is 2. The Morgan fingerprint density at radius 3 is 2.39 bits per heavy atom. The van der Waals surface area contributed by atoms with Gasteiger partial charge in [-0.2, -0.15) is 0 Å². The fourth-order valence-corrected chi connectivity index (χ4v) is 4.29. The molecule has 4 rings (SSSR count). The number of pyridine rings is 1. The second kappa shape index (κ2) is 10.8. The van der Waals surface area contributed by atoms with Gasteiger partial charge in [0.1, 0.15) is 0 Å². The number of rotatable bonds is 8. The average Bonchev–Trinajstić information content (AvgIpc) is 2.81. The molecule has 3 nitrogen and oxygen atoms in total. The van der Waals surface area contributed by atoms with Crippen molar-refractivity contribution in [3.05, 3.63) is 112 Å². The molecule has 4 heteroatoms. The van der Waals surface area contributed by atoms with Crippen molar-refractivity contribution in [3.63, 3.8) is 0 Å². The maximum Gasteiger partial charge on any atom is 0.0724 e. The summed E-state index contributed by atoms with van der Waals surface area (Å²) in [5.74, 6) is -0.0190. The molecule has 0 radical (unpaired) electrons. The van der Waals surface area contributed by atoms with Crippen molar-refractivity contribution in [1.82, 2.24) is 4.98 Å². The number of benzene rings is 3. The summed E-state index contributed by atoms with van der Waals surface area (Å²) in [6.07, 6.45) is 4.97. The third kappa shape index (κ3) is 6.08. The van der Waals surface area contributed by atoms with Gasteiger partial charge in [-0.1, -0.05) is 78.3 Å². The predicted molar refractivity (Wildman–Crippen MR) is 137 cm³/mol. The van der Waals surface area contributed by atoms with Gasteiger partial charge in [0.2, 0.25) is 0 Å². The third-order valence-electron chi connectivity index (χ3n) is 5.82. The van der Waals surface area contributed by atoms with Gasteiger partial charge in [-0.3, -0.25) is 0 Å². The molecule has 33 heavy (non-hydrogen) atoms. The second-order valence-electron chi connectivity index (χ2n) is 8.48. The number of aliphatic hydroxyl groups excluding tert-OH is 2. The molecule has 0 amide bonds. The lowest BCUT2D eigenvalue weighted by Gasteiger charge is -2.18. The third-order valence-corrected chi connectivity index (χ3v) is 6.06. The van der Waals surface area contributed by atoms with Crippen LogP contribution >= 0.6 is 11.6 Å². The van der Waals surface area contributed by atoms with Crippen molar-refractivity contribution in [2.75, 3.05) is 6.61 Å². The second-order valence-corrected chi connectivity index (χ2v) is 8.92. The largest absolute Gasteiger partial charge is 0.396 e. The zero-order valence-corrected chi connectivity index (χ0v) is 19.4. The van der Waals surface area contributed by atoms with Crippen LogP contribution in [0.15, 0.2) is 78.9 Å². The SMILES string of the molecule is CC(O)Cc1ccccc1CC(CO)c1cccc(C=Cc2ccc3ccc(Cl)cc3n2)c1. The van der Waals surface area contributed by atoms with Crippen LogP contribution in [-0.2, 0) is 12.8 Å². The highest BCUT2D eigenvalue weighted by Gasteiger charge is 2.14. The summed E-state index contributed by atoms with van der Waals surface area (Å²) in [4.78, 5) is 4.68. The topological polar surface area (TPSA) is 53.4 Å². The monoisotopic (exact) mass is 457 g/mol. The number of fused-ring (bicyclic) bond motifs is 1. The number of hydrogen-bond donors (Lipinski definition) is 2. The van der Waals surface area contributed by atoms with Crippen LogP contribution < -0.4 is 0 Å². The van der Waals surface area contributed by atoms with Crippen LogP contribution in [0.5, 0.6) is 0 Å². The Bertz CT molecular complexity index is 1270. The standard InChI is InChI=1S/C29H28ClNO2/c1-20(33)15-23-6-2-3-7-25(23)17-26(19-32)24-8-4-5-21(16-24)9-13-28-14-11-22-10-12-27(30)18-29(22)31-28/h2-14,16,18,20,26,32-33H,15,17,19H2,1H3. The van der Waals surface area contributed by atoms with E-state index < -0.39 is 6.10 Å². The molecular formula is C29H28ClNO2. The molecule has 0 fully saturated rings. The summed E-state index contributed by atoms with van der Waals surface area (Å²) in [5, 5.41) is 21.7. The Hall–Kier alpha value is -2.98. The van der Waals surface area contributed by atoms with Crippen LogP contribution in [0, 0.1) is 0 Å². The van der Waals surface area contributed by atoms with E-state index >= 15 is 0 Å². The molecule has 0 aliphatic rings. The molecule has 2 atom stereocenters. The Kier molecular flexibility index (Phi) is 7.56. The molecule has 0 saturated carbocycles. The molecule has 2 N–H and O–H groups in total. The molecule has 0 spiro atoms. The number of aromatic nitrogens is 1. The minimum atomic E-state index is -0.396. The highest BCUT2D eigenvalue weighted by atomic mass is 35.5. The van der Waals surface area contributed by atoms with Crippen molar-refractivity contribution in [3.8, 4) is 0 Å². The summed E-state index contributed by atoms with van der Waals surface area (Å²) in [5.41, 5.74) is 6.17. The Morgan fingerprint density at radius 1 is 0.879 bits per heavy atom. The van der Waals surface area contributed by atoms with E-state index in [1.807, 2.05) is 66.7 Å². The molecule has 1 aromatic heterocycles. The van der Waals surface area contributed by atoms with E-state index in [1.54, 1.807) is 6.92 Å². The van der Waals surface area contributed by atoms with Gasteiger partial charge in [-0.05, 0) is 66.3 Å². The fourth-order valence-electron chi connectivity index (χ4n) is 4.12. The maximum absolute atomic E-state index is 10.1. The zero-order chi connectivity index (χ0) is 23.2. The van der Waals surface area contributed by atoms with Gasteiger partial charge in [0.15, 0.2) is 0 Å². The van der Waals surface area contributed by atoms with Crippen molar-refractivity contribution in [1.29, 1.82) is 0 Å². The van der Waals surface area contributed by atoms with Crippen LogP contribution in [0.1, 0.15) is 40.8 Å². The lowest BCUT2D eigenvalue weighted by molar-refractivity contribution is 0.195. The lowest BCUT2D eigenvalue weighted by Crippen LogP contribution is -2.12. The first-order valence-electron chi connectivity index (χ1n) is 11.2. The fraction of sp³-hybridized carbons (Fsp3) is 0.207. The molecule has 168 valence electrons. The van der Waals surface area contributed by atoms with Gasteiger partial charge in [0.25, 0.3) is 0 Å². The summed E-state index contributed by atoms with van der Waals surface area (Å²) >= 11 is 6.11. The molecular weight excluding hydrogens is 430 g/mol. The predicted octanol–water partition coefficient (Wildman–Crippen LogP) is 6.30. The maximum atomic E-state index is 10.1. The minimum absolute atomic E-state index is 0.0190. The zero-order valence-electron chi connectivity index (χ0n) is 18.7. The van der Waals surface area contributed by atoms with Crippen molar-refractivity contribution in [2.45, 2.75) is 31.8 Å². The lowest BCUT2D eigenvalue weighted by atomic mass is 9.88. The number of nitrogens with zero attached hydrogens (tertiary/aromatic N) is 1. The summed E-state index contributed by atoms with van der Waals surface area (Å²) in [6.45, 7) is 1.86. The van der Waals surface area contributed by atoms with Gasteiger partial charge >= 0.3 is 0 Å². The van der Waals surface area contributed by atoms with Crippen molar-refractivity contribution in [2.24, 2.45) is 0 Å². The Morgan fingerprint density at radius 2 is 1.64 bits per heavy atom. The number of halogens is 1. The molecule has 2 unspecified atom stereocenters. The normalized spacial score (nSPS) is 13.5. The molecule has 0 aliphatic heterocycles. The van der Waals surface area contributed by atoms with Crippen LogP contribution in [0.4, 0.5) is 0 Å². The van der Waals surface area contributed by atoms with E-state index in [9.17, 15) is 10.2 Å². The molecule has 0 aliphatic carbocycles. The summed E-state index contributed by atoms with van der Waals surface area (Å²) in [7, 11) is 0. The molecule has 3 aromatic carbocycles. The van der Waals surface area contributed by atoms with E-state index in [1.165, 1.54) is 0 Å². The molecule has 0 saturated heterocycles. The number of hydrogen-bond acceptors (Lipinski definition) is 3. The van der Waals surface area contributed by atoms with Gasteiger partial charge in [-0.15, -0.1) is 0 Å². The van der Waals surface area contributed by atoms with Gasteiger partial charge in [0, 0.05) is 16.3 Å². The van der Waals surface area contributed by atoms with Crippen LogP contribution in [0.25, 0.3) is 23.1 Å². The first-order chi connectivity index (χ1) is 16.0. The van der Waals surface area contributed by atoms with Crippen molar-refractivity contribution >= 4 is 34.7 Å². The summed E-state index contributed by atoms with van der Waals surface area (Å²) in [6, 6.07) is 26.1. The van der Waals surface area contributed by atoms with Crippen LogP contribution in [0.2, 0.25) is 5.02 Å². The molecule has 4 aromatic rings. The van der Waals surface area contributed by atoms with E-state index in [4.69, 9.17) is 11.6 Å². The first kappa shape index (κ1) is 23.2. The first-order valence-corrected chi connectivity index (χ1v) is 11.6. The Labute approximate surface area is 200 Å². The highest BCUT2D eigenvalue weighted by molar-refractivity contribution is 6.31. The quantitative estimate of drug-likeness (QED) is 0.326.